The quantitative estimate of drug-likeness (QED) is 0.840. The van der Waals surface area contributed by atoms with Crippen molar-refractivity contribution in [3.8, 4) is 0 Å². The van der Waals surface area contributed by atoms with Crippen LogP contribution in [0, 0.1) is 5.92 Å². The first-order valence-corrected chi connectivity index (χ1v) is 7.81. The number of hydrogen-bond acceptors (Lipinski definition) is 3. The van der Waals surface area contributed by atoms with Crippen molar-refractivity contribution in [2.24, 2.45) is 5.92 Å². The number of ether oxygens (including phenoxy) is 1. The molecular formula is C15H27F3N2O2. The highest BCUT2D eigenvalue weighted by Crippen LogP contribution is 2.22. The van der Waals surface area contributed by atoms with Crippen LogP contribution in [0.25, 0.3) is 0 Å². The van der Waals surface area contributed by atoms with Gasteiger partial charge in [-0.2, -0.15) is 13.2 Å². The van der Waals surface area contributed by atoms with Gasteiger partial charge < -0.3 is 15.0 Å². The molecule has 0 aromatic rings. The van der Waals surface area contributed by atoms with Gasteiger partial charge in [-0.15, -0.1) is 0 Å². The van der Waals surface area contributed by atoms with E-state index < -0.39 is 24.3 Å². The number of amides is 1. The van der Waals surface area contributed by atoms with Crippen LogP contribution in [0.4, 0.5) is 18.0 Å². The molecule has 0 bridgehead atoms. The van der Waals surface area contributed by atoms with Gasteiger partial charge >= 0.3 is 12.3 Å². The minimum Gasteiger partial charge on any atom is -0.444 e. The van der Waals surface area contributed by atoms with E-state index in [0.29, 0.717) is 13.1 Å². The second-order valence-corrected chi connectivity index (χ2v) is 6.91. The molecule has 1 unspecified atom stereocenters. The number of carbonyl (C=O) groups excluding carboxylic acids is 1. The molecule has 0 aromatic carbocycles. The number of halogens is 3. The molecule has 4 nitrogen and oxygen atoms in total. The van der Waals surface area contributed by atoms with Crippen LogP contribution in [-0.2, 0) is 4.74 Å². The first kappa shape index (κ1) is 19.1. The number of rotatable bonds is 5. The summed E-state index contributed by atoms with van der Waals surface area (Å²) in [5.41, 5.74) is -0.528. The second kappa shape index (κ2) is 8.04. The fourth-order valence-corrected chi connectivity index (χ4v) is 2.57. The van der Waals surface area contributed by atoms with E-state index in [2.05, 4.69) is 10.2 Å². The summed E-state index contributed by atoms with van der Waals surface area (Å²) in [6.07, 6.45) is -3.19. The lowest BCUT2D eigenvalue weighted by molar-refractivity contribution is -0.136. The Hall–Kier alpha value is -0.980. The molecule has 1 amide bonds. The van der Waals surface area contributed by atoms with Gasteiger partial charge in [-0.3, -0.25) is 0 Å². The maximum absolute atomic E-state index is 12.2. The molecule has 0 aromatic heterocycles. The predicted molar refractivity (Wildman–Crippen MR) is 78.7 cm³/mol. The van der Waals surface area contributed by atoms with Gasteiger partial charge in [0.15, 0.2) is 0 Å². The van der Waals surface area contributed by atoms with Gasteiger partial charge in [-0.05, 0) is 59.0 Å². The first-order chi connectivity index (χ1) is 10.1. The van der Waals surface area contributed by atoms with Gasteiger partial charge in [0.2, 0.25) is 0 Å². The number of alkyl carbamates (subject to hydrolysis) is 1. The molecule has 1 aliphatic rings. The van der Waals surface area contributed by atoms with Gasteiger partial charge in [0.25, 0.3) is 0 Å². The highest BCUT2D eigenvalue weighted by atomic mass is 19.4. The lowest BCUT2D eigenvalue weighted by Crippen LogP contribution is -2.42. The van der Waals surface area contributed by atoms with Gasteiger partial charge in [0.05, 0.1) is 0 Å². The standard InChI is InChI=1S/C15H27F3N2O2/c1-14(2,3)22-13(21)19-10-12-6-4-8-20(11-12)9-5-7-15(16,17)18/h12H,4-11H2,1-3H3,(H,19,21). The number of hydrogen-bond donors (Lipinski definition) is 1. The van der Waals surface area contributed by atoms with Crippen LogP contribution in [0.2, 0.25) is 0 Å². The van der Waals surface area contributed by atoms with Gasteiger partial charge in [0.1, 0.15) is 5.60 Å². The molecule has 1 N–H and O–H groups in total. The number of carbonyl (C=O) groups is 1. The Labute approximate surface area is 130 Å². The van der Waals surface area contributed by atoms with E-state index in [1.165, 1.54) is 0 Å². The molecule has 0 spiro atoms. The summed E-state index contributed by atoms with van der Waals surface area (Å²) in [5.74, 6) is 0.271. The Morgan fingerprint density at radius 3 is 2.59 bits per heavy atom. The molecule has 7 heteroatoms. The average Bonchev–Trinajstić information content (AvgIpc) is 2.33. The molecule has 1 atom stereocenters. The monoisotopic (exact) mass is 324 g/mol. The number of likely N-dealkylation sites (tertiary alicyclic amines) is 1. The Balaban J connectivity index is 2.24. The van der Waals surface area contributed by atoms with E-state index in [1.54, 1.807) is 20.8 Å². The summed E-state index contributed by atoms with van der Waals surface area (Å²) in [6, 6.07) is 0. The van der Waals surface area contributed by atoms with E-state index in [1.807, 2.05) is 0 Å². The maximum atomic E-state index is 12.2. The Bertz CT molecular complexity index is 354. The fourth-order valence-electron chi connectivity index (χ4n) is 2.57. The molecule has 0 aliphatic carbocycles. The third-order valence-corrected chi connectivity index (χ3v) is 3.47. The van der Waals surface area contributed by atoms with Gasteiger partial charge in [0, 0.05) is 19.5 Å². The van der Waals surface area contributed by atoms with Crippen molar-refractivity contribution in [1.29, 1.82) is 0 Å². The molecule has 1 rings (SSSR count). The van der Waals surface area contributed by atoms with Crippen molar-refractivity contribution < 1.29 is 22.7 Å². The summed E-state index contributed by atoms with van der Waals surface area (Å²) >= 11 is 0. The highest BCUT2D eigenvalue weighted by molar-refractivity contribution is 5.67. The summed E-state index contributed by atoms with van der Waals surface area (Å²) in [5, 5.41) is 2.74. The SMILES string of the molecule is CC(C)(C)OC(=O)NCC1CCCN(CCCC(F)(F)F)C1. The van der Waals surface area contributed by atoms with E-state index >= 15 is 0 Å². The summed E-state index contributed by atoms with van der Waals surface area (Å²) in [4.78, 5) is 13.6. The molecule has 1 aliphatic heterocycles. The maximum Gasteiger partial charge on any atom is 0.407 e. The summed E-state index contributed by atoms with van der Waals surface area (Å²) in [6.45, 7) is 7.93. The summed E-state index contributed by atoms with van der Waals surface area (Å²) in [7, 11) is 0. The molecule has 0 radical (unpaired) electrons. The number of nitrogens with one attached hydrogen (secondary N) is 1. The predicted octanol–water partition coefficient (Wildman–Crippen LogP) is 3.57. The third-order valence-electron chi connectivity index (χ3n) is 3.47. The smallest absolute Gasteiger partial charge is 0.407 e. The van der Waals surface area contributed by atoms with Crippen molar-refractivity contribution in [1.82, 2.24) is 10.2 Å². The topological polar surface area (TPSA) is 41.6 Å². The zero-order valence-electron chi connectivity index (χ0n) is 13.6. The molecule has 22 heavy (non-hydrogen) atoms. The lowest BCUT2D eigenvalue weighted by Gasteiger charge is -2.33. The first-order valence-electron chi connectivity index (χ1n) is 7.81. The average molecular weight is 324 g/mol. The van der Waals surface area contributed by atoms with E-state index in [9.17, 15) is 18.0 Å². The van der Waals surface area contributed by atoms with Crippen LogP contribution in [0.1, 0.15) is 46.5 Å². The van der Waals surface area contributed by atoms with Gasteiger partial charge in [-0.1, -0.05) is 0 Å². The van der Waals surface area contributed by atoms with Crippen LogP contribution in [0.5, 0.6) is 0 Å². The number of nitrogens with zero attached hydrogens (tertiary/aromatic N) is 1. The summed E-state index contributed by atoms with van der Waals surface area (Å²) < 4.78 is 41.6. The minimum atomic E-state index is -4.08. The number of piperidine rings is 1. The van der Waals surface area contributed by atoms with Crippen LogP contribution in [0.3, 0.4) is 0 Å². The van der Waals surface area contributed by atoms with Gasteiger partial charge in [-0.25, -0.2) is 4.79 Å². The van der Waals surface area contributed by atoms with E-state index in [4.69, 9.17) is 4.74 Å². The van der Waals surface area contributed by atoms with Crippen molar-refractivity contribution in [2.45, 2.75) is 58.2 Å². The van der Waals surface area contributed by atoms with E-state index in [0.717, 1.165) is 25.9 Å². The van der Waals surface area contributed by atoms with Crippen LogP contribution >= 0.6 is 0 Å². The van der Waals surface area contributed by atoms with Crippen molar-refractivity contribution >= 4 is 6.09 Å². The largest absolute Gasteiger partial charge is 0.444 e. The van der Waals surface area contributed by atoms with Crippen molar-refractivity contribution in [2.75, 3.05) is 26.2 Å². The lowest BCUT2D eigenvalue weighted by atomic mass is 9.98. The fraction of sp³-hybridized carbons (Fsp3) is 0.933. The van der Waals surface area contributed by atoms with E-state index in [-0.39, 0.29) is 12.3 Å². The normalized spacial score (nSPS) is 20.7. The number of alkyl halides is 3. The Morgan fingerprint density at radius 1 is 1.32 bits per heavy atom. The molecule has 1 fully saturated rings. The van der Waals surface area contributed by atoms with Crippen LogP contribution in [0.15, 0.2) is 0 Å². The molecular weight excluding hydrogens is 297 g/mol. The highest BCUT2D eigenvalue weighted by Gasteiger charge is 2.27. The zero-order chi connectivity index (χ0) is 16.8. The van der Waals surface area contributed by atoms with Crippen molar-refractivity contribution in [3.05, 3.63) is 0 Å². The zero-order valence-corrected chi connectivity index (χ0v) is 13.6. The molecule has 1 heterocycles. The minimum absolute atomic E-state index is 0.135. The van der Waals surface area contributed by atoms with Crippen LogP contribution < -0.4 is 5.32 Å². The molecule has 130 valence electrons. The van der Waals surface area contributed by atoms with Crippen molar-refractivity contribution in [3.63, 3.8) is 0 Å². The van der Waals surface area contributed by atoms with Crippen LogP contribution in [-0.4, -0.2) is 48.9 Å². The molecule has 0 saturated carbocycles. The third kappa shape index (κ3) is 9.12. The Kier molecular flexibility index (Phi) is 6.97. The second-order valence-electron chi connectivity index (χ2n) is 6.91. The Morgan fingerprint density at radius 2 is 2.00 bits per heavy atom. The molecule has 1 saturated heterocycles.